The second kappa shape index (κ2) is 6.40. The number of rotatable bonds is 4. The first-order chi connectivity index (χ1) is 10.9. The first kappa shape index (κ1) is 16.1. The van der Waals surface area contributed by atoms with Gasteiger partial charge in [-0.25, -0.2) is 8.42 Å². The summed E-state index contributed by atoms with van der Waals surface area (Å²) in [7, 11) is -1.10. The second-order valence-corrected chi connectivity index (χ2v) is 8.58. The normalized spacial score (nSPS) is 19.5. The van der Waals surface area contributed by atoms with Gasteiger partial charge in [0.2, 0.25) is 5.95 Å². The third-order valence-corrected chi connectivity index (χ3v) is 6.04. The molecule has 2 heterocycles. The average Bonchev–Trinajstić information content (AvgIpc) is 2.89. The van der Waals surface area contributed by atoms with Crippen molar-refractivity contribution in [1.82, 2.24) is 15.2 Å². The van der Waals surface area contributed by atoms with Crippen molar-refractivity contribution in [3.8, 4) is 0 Å². The van der Waals surface area contributed by atoms with E-state index in [9.17, 15) is 8.42 Å². The van der Waals surface area contributed by atoms with Crippen molar-refractivity contribution in [1.29, 1.82) is 0 Å². The average molecular weight is 398 g/mol. The molecule has 0 radical (unpaired) electrons. The minimum Gasteiger partial charge on any atom is -0.354 e. The molecule has 1 aliphatic rings. The Bertz CT molecular complexity index is 797. The van der Waals surface area contributed by atoms with E-state index in [0.29, 0.717) is 18.2 Å². The number of hydrogen-bond acceptors (Lipinski definition) is 7. The van der Waals surface area contributed by atoms with E-state index in [1.165, 1.54) is 6.20 Å². The van der Waals surface area contributed by atoms with E-state index in [2.05, 4.69) is 36.4 Å². The number of aromatic nitrogens is 3. The molecule has 1 aromatic carbocycles. The van der Waals surface area contributed by atoms with Gasteiger partial charge in [-0.15, -0.1) is 5.10 Å². The lowest BCUT2D eigenvalue weighted by Gasteiger charge is -2.24. The molecule has 1 aliphatic heterocycles. The summed E-state index contributed by atoms with van der Waals surface area (Å²) in [4.78, 5) is 6.27. The zero-order valence-electron chi connectivity index (χ0n) is 12.5. The summed E-state index contributed by atoms with van der Waals surface area (Å²) in [6, 6.07) is 7.54. The number of halogens is 1. The van der Waals surface area contributed by atoms with Crippen LogP contribution in [0.4, 0.5) is 17.5 Å². The maximum Gasteiger partial charge on any atom is 0.249 e. The SMILES string of the molecule is CN(c1cnnc(Nc2ccc(Br)cc2)n1)C1CCS(=O)(=O)C1. The molecule has 0 spiro atoms. The van der Waals surface area contributed by atoms with Crippen molar-refractivity contribution in [3.05, 3.63) is 34.9 Å². The number of nitrogens with zero attached hydrogens (tertiary/aromatic N) is 4. The van der Waals surface area contributed by atoms with Gasteiger partial charge in [0.1, 0.15) is 0 Å². The van der Waals surface area contributed by atoms with Crippen LogP contribution in [0.1, 0.15) is 6.42 Å². The molecule has 1 atom stereocenters. The third kappa shape index (κ3) is 3.97. The van der Waals surface area contributed by atoms with Crippen molar-refractivity contribution in [2.45, 2.75) is 12.5 Å². The van der Waals surface area contributed by atoms with Crippen LogP contribution < -0.4 is 10.2 Å². The van der Waals surface area contributed by atoms with Crippen molar-refractivity contribution in [2.24, 2.45) is 0 Å². The highest BCUT2D eigenvalue weighted by molar-refractivity contribution is 9.10. The first-order valence-corrected chi connectivity index (χ1v) is 9.70. The van der Waals surface area contributed by atoms with E-state index in [0.717, 1.165) is 10.2 Å². The third-order valence-electron chi connectivity index (χ3n) is 3.76. The molecule has 3 rings (SSSR count). The lowest BCUT2D eigenvalue weighted by molar-refractivity contribution is 0.600. The van der Waals surface area contributed by atoms with Gasteiger partial charge >= 0.3 is 0 Å². The number of anilines is 3. The molecule has 1 aromatic heterocycles. The van der Waals surface area contributed by atoms with Gasteiger partial charge in [0.05, 0.1) is 17.7 Å². The molecule has 0 aliphatic carbocycles. The van der Waals surface area contributed by atoms with Crippen molar-refractivity contribution < 1.29 is 8.42 Å². The molecule has 1 fully saturated rings. The molecule has 2 aromatic rings. The molecule has 0 bridgehead atoms. The number of hydrogen-bond donors (Lipinski definition) is 1. The molecular weight excluding hydrogens is 382 g/mol. The highest BCUT2D eigenvalue weighted by Crippen LogP contribution is 2.22. The van der Waals surface area contributed by atoms with Crippen LogP contribution in [0.2, 0.25) is 0 Å². The quantitative estimate of drug-likeness (QED) is 0.843. The summed E-state index contributed by atoms with van der Waals surface area (Å²) in [5.74, 6) is 1.35. The molecule has 9 heteroatoms. The van der Waals surface area contributed by atoms with Gasteiger partial charge in [-0.3, -0.25) is 0 Å². The van der Waals surface area contributed by atoms with E-state index in [1.807, 2.05) is 36.2 Å². The van der Waals surface area contributed by atoms with Crippen molar-refractivity contribution in [3.63, 3.8) is 0 Å². The topological polar surface area (TPSA) is 88.1 Å². The molecule has 1 N–H and O–H groups in total. The highest BCUT2D eigenvalue weighted by atomic mass is 79.9. The Balaban J connectivity index is 1.75. The maximum absolute atomic E-state index is 11.6. The van der Waals surface area contributed by atoms with Gasteiger partial charge in [-0.2, -0.15) is 10.1 Å². The summed E-state index contributed by atoms with van der Waals surface area (Å²) in [5, 5.41) is 11.0. The van der Waals surface area contributed by atoms with Crippen LogP contribution in [0.15, 0.2) is 34.9 Å². The lowest BCUT2D eigenvalue weighted by Crippen LogP contribution is -2.33. The van der Waals surface area contributed by atoms with E-state index in [4.69, 9.17) is 0 Å². The number of nitrogens with one attached hydrogen (secondary N) is 1. The fraction of sp³-hybridized carbons (Fsp3) is 0.357. The smallest absolute Gasteiger partial charge is 0.249 e. The van der Waals surface area contributed by atoms with Gasteiger partial charge < -0.3 is 10.2 Å². The fourth-order valence-corrected chi connectivity index (χ4v) is 4.49. The summed E-state index contributed by atoms with van der Waals surface area (Å²) >= 11 is 3.38. The van der Waals surface area contributed by atoms with Gasteiger partial charge in [0.25, 0.3) is 0 Å². The van der Waals surface area contributed by atoms with Crippen LogP contribution in [0.25, 0.3) is 0 Å². The van der Waals surface area contributed by atoms with Gasteiger partial charge in [-0.1, -0.05) is 15.9 Å². The zero-order chi connectivity index (χ0) is 16.4. The molecule has 7 nitrogen and oxygen atoms in total. The predicted octanol–water partition coefficient (Wildman–Crippen LogP) is 2.00. The largest absolute Gasteiger partial charge is 0.354 e. The molecule has 23 heavy (non-hydrogen) atoms. The summed E-state index contributed by atoms with van der Waals surface area (Å²) in [5.41, 5.74) is 0.846. The molecule has 1 unspecified atom stereocenters. The summed E-state index contributed by atoms with van der Waals surface area (Å²) in [6.07, 6.45) is 2.15. The monoisotopic (exact) mass is 397 g/mol. The Kier molecular flexibility index (Phi) is 4.49. The Hall–Kier alpha value is -1.74. The Morgan fingerprint density at radius 2 is 2.04 bits per heavy atom. The van der Waals surface area contributed by atoms with E-state index in [-0.39, 0.29) is 17.5 Å². The Labute approximate surface area is 143 Å². The second-order valence-electron chi connectivity index (χ2n) is 5.44. The molecular formula is C14H16BrN5O2S. The maximum atomic E-state index is 11.6. The summed E-state index contributed by atoms with van der Waals surface area (Å²) in [6.45, 7) is 0. The van der Waals surface area contributed by atoms with Gasteiger partial charge in [0.15, 0.2) is 15.7 Å². The standard InChI is InChI=1S/C14H16BrN5O2S/c1-20(12-6-7-23(21,22)9-12)13-8-16-19-14(18-13)17-11-4-2-10(15)3-5-11/h2-5,8,12H,6-7,9H2,1H3,(H,17,18,19). The lowest BCUT2D eigenvalue weighted by atomic mass is 10.2. The Morgan fingerprint density at radius 1 is 1.30 bits per heavy atom. The van der Waals surface area contributed by atoms with E-state index < -0.39 is 9.84 Å². The minimum absolute atomic E-state index is 0.0720. The predicted molar refractivity (Wildman–Crippen MR) is 92.7 cm³/mol. The van der Waals surface area contributed by atoms with Gasteiger partial charge in [-0.05, 0) is 30.7 Å². The van der Waals surface area contributed by atoms with Crippen LogP contribution in [-0.4, -0.2) is 48.2 Å². The molecule has 122 valence electrons. The van der Waals surface area contributed by atoms with Crippen molar-refractivity contribution in [2.75, 3.05) is 28.8 Å². The van der Waals surface area contributed by atoms with Crippen LogP contribution >= 0.6 is 15.9 Å². The number of benzene rings is 1. The van der Waals surface area contributed by atoms with Gasteiger partial charge in [0, 0.05) is 23.2 Å². The van der Waals surface area contributed by atoms with Crippen LogP contribution in [-0.2, 0) is 9.84 Å². The highest BCUT2D eigenvalue weighted by Gasteiger charge is 2.31. The Morgan fingerprint density at radius 3 is 2.70 bits per heavy atom. The molecule has 0 amide bonds. The number of sulfone groups is 1. The molecule has 1 saturated heterocycles. The van der Waals surface area contributed by atoms with E-state index in [1.54, 1.807) is 0 Å². The van der Waals surface area contributed by atoms with E-state index >= 15 is 0 Å². The minimum atomic E-state index is -2.94. The van der Waals surface area contributed by atoms with Crippen molar-refractivity contribution >= 4 is 43.2 Å². The zero-order valence-corrected chi connectivity index (χ0v) is 14.9. The summed E-state index contributed by atoms with van der Waals surface area (Å²) < 4.78 is 24.2. The first-order valence-electron chi connectivity index (χ1n) is 7.08. The fourth-order valence-electron chi connectivity index (χ4n) is 2.45. The molecule has 0 saturated carbocycles. The van der Waals surface area contributed by atoms with Crippen LogP contribution in [0, 0.1) is 0 Å². The van der Waals surface area contributed by atoms with Crippen LogP contribution in [0.3, 0.4) is 0 Å². The van der Waals surface area contributed by atoms with Crippen LogP contribution in [0.5, 0.6) is 0 Å².